The number of aliphatic carboxylic acids is 1. The molecule has 41 heavy (non-hydrogen) atoms. The minimum atomic E-state index is -1.12. The van der Waals surface area contributed by atoms with Crippen LogP contribution in [0.4, 0.5) is 0 Å². The first-order valence-electron chi connectivity index (χ1n) is 14.3. The molecule has 14 nitrogen and oxygen atoms in total. The van der Waals surface area contributed by atoms with Crippen molar-refractivity contribution in [3.05, 3.63) is 0 Å². The van der Waals surface area contributed by atoms with Crippen molar-refractivity contribution in [2.75, 3.05) is 119 Å². The number of hydrogen-bond acceptors (Lipinski definition) is 12. The van der Waals surface area contributed by atoms with Crippen LogP contribution in [0.2, 0.25) is 0 Å². The van der Waals surface area contributed by atoms with Crippen LogP contribution in [0.5, 0.6) is 0 Å². The summed E-state index contributed by atoms with van der Waals surface area (Å²) in [7, 11) is 0. The van der Waals surface area contributed by atoms with Crippen LogP contribution in [0.15, 0.2) is 0 Å². The molecule has 14 heteroatoms. The van der Waals surface area contributed by atoms with Gasteiger partial charge in [0.2, 0.25) is 5.91 Å². The zero-order valence-corrected chi connectivity index (χ0v) is 24.6. The number of hydrogen-bond donors (Lipinski definition) is 2. The van der Waals surface area contributed by atoms with Gasteiger partial charge in [0.05, 0.1) is 92.5 Å². The van der Waals surface area contributed by atoms with E-state index in [1.165, 1.54) is 0 Å². The van der Waals surface area contributed by atoms with Crippen molar-refractivity contribution >= 4 is 17.8 Å². The molecule has 0 aliphatic carbocycles. The van der Waals surface area contributed by atoms with E-state index >= 15 is 0 Å². The Morgan fingerprint density at radius 3 is 1.41 bits per heavy atom. The molecule has 0 unspecified atom stereocenters. The quantitative estimate of drug-likeness (QED) is 0.0808. The second kappa shape index (κ2) is 32.6. The molecular formula is C27H51NO13. The number of ether oxygens (including phenoxy) is 9. The molecule has 0 heterocycles. The van der Waals surface area contributed by atoms with Gasteiger partial charge < -0.3 is 53.1 Å². The first-order chi connectivity index (χ1) is 20.1. The average molecular weight is 598 g/mol. The molecule has 0 bridgehead atoms. The fourth-order valence-corrected chi connectivity index (χ4v) is 2.95. The third-order valence-corrected chi connectivity index (χ3v) is 4.98. The monoisotopic (exact) mass is 597 g/mol. The SMILES string of the molecule is CCCCCCC(=O)OCCOCCOCCOCCOCCOCCOCCOCCNC(=O)COCC(=O)O. The Hall–Kier alpha value is -1.91. The fraction of sp³-hybridized carbons (Fsp3) is 0.889. The summed E-state index contributed by atoms with van der Waals surface area (Å²) in [5.41, 5.74) is 0. The zero-order chi connectivity index (χ0) is 30.1. The summed E-state index contributed by atoms with van der Waals surface area (Å²) in [5, 5.41) is 10.9. The van der Waals surface area contributed by atoms with Gasteiger partial charge in [-0.05, 0) is 6.42 Å². The van der Waals surface area contributed by atoms with Crippen LogP contribution in [0.1, 0.15) is 39.0 Å². The van der Waals surface area contributed by atoms with E-state index < -0.39 is 18.5 Å². The van der Waals surface area contributed by atoms with Crippen LogP contribution in [-0.4, -0.2) is 142 Å². The number of carbonyl (C=O) groups is 3. The second-order valence-electron chi connectivity index (χ2n) is 8.55. The average Bonchev–Trinajstić information content (AvgIpc) is 2.95. The minimum Gasteiger partial charge on any atom is -0.480 e. The van der Waals surface area contributed by atoms with E-state index in [4.69, 9.17) is 43.0 Å². The Balaban J connectivity index is 3.14. The van der Waals surface area contributed by atoms with E-state index in [9.17, 15) is 14.4 Å². The van der Waals surface area contributed by atoms with Crippen LogP contribution >= 0.6 is 0 Å². The summed E-state index contributed by atoms with van der Waals surface area (Å²) in [6.07, 6.45) is 4.72. The third kappa shape index (κ3) is 34.2. The molecule has 0 radical (unpaired) electrons. The lowest BCUT2D eigenvalue weighted by Crippen LogP contribution is -2.31. The van der Waals surface area contributed by atoms with Crippen LogP contribution in [0.3, 0.4) is 0 Å². The number of amides is 1. The van der Waals surface area contributed by atoms with Gasteiger partial charge in [0, 0.05) is 13.0 Å². The summed E-state index contributed by atoms with van der Waals surface area (Å²) in [4.78, 5) is 33.1. The molecule has 1 amide bonds. The summed E-state index contributed by atoms with van der Waals surface area (Å²) in [6, 6.07) is 0. The molecule has 0 aromatic rings. The van der Waals surface area contributed by atoms with Crippen molar-refractivity contribution in [3.63, 3.8) is 0 Å². The number of carbonyl (C=O) groups excluding carboxylic acids is 2. The van der Waals surface area contributed by atoms with Crippen molar-refractivity contribution in [1.29, 1.82) is 0 Å². The zero-order valence-electron chi connectivity index (χ0n) is 24.6. The minimum absolute atomic E-state index is 0.164. The number of carboxylic acids is 1. The normalized spacial score (nSPS) is 11.0. The fourth-order valence-electron chi connectivity index (χ4n) is 2.95. The van der Waals surface area contributed by atoms with Gasteiger partial charge in [-0.25, -0.2) is 4.79 Å². The standard InChI is InChI=1S/C27H51NO13/c1-2-3-4-5-6-27(32)41-22-21-39-20-19-38-18-17-37-16-15-36-14-13-35-12-11-34-10-9-33-8-7-28-25(29)23-40-24-26(30)31/h2-24H2,1H3,(H,28,29)(H,30,31). The molecule has 0 saturated carbocycles. The Morgan fingerprint density at radius 2 is 0.976 bits per heavy atom. The number of nitrogens with one attached hydrogen (secondary N) is 1. The molecule has 0 saturated heterocycles. The molecular weight excluding hydrogens is 546 g/mol. The number of esters is 1. The van der Waals surface area contributed by atoms with E-state index in [0.29, 0.717) is 105 Å². The molecule has 0 atom stereocenters. The van der Waals surface area contributed by atoms with E-state index in [1.54, 1.807) is 0 Å². The highest BCUT2D eigenvalue weighted by Gasteiger charge is 2.04. The number of rotatable bonds is 33. The van der Waals surface area contributed by atoms with Crippen LogP contribution in [-0.2, 0) is 57.0 Å². The van der Waals surface area contributed by atoms with E-state index in [0.717, 1.165) is 25.7 Å². The van der Waals surface area contributed by atoms with Gasteiger partial charge in [-0.15, -0.1) is 0 Å². The highest BCUT2D eigenvalue weighted by Crippen LogP contribution is 2.03. The summed E-state index contributed by atoms with van der Waals surface area (Å²) < 4.78 is 47.5. The van der Waals surface area contributed by atoms with Crippen molar-refractivity contribution in [2.45, 2.75) is 39.0 Å². The molecule has 0 spiro atoms. The highest BCUT2D eigenvalue weighted by atomic mass is 16.6. The van der Waals surface area contributed by atoms with Crippen molar-refractivity contribution < 1.29 is 62.1 Å². The van der Waals surface area contributed by atoms with E-state index in [1.807, 2.05) is 0 Å². The first-order valence-corrected chi connectivity index (χ1v) is 14.3. The van der Waals surface area contributed by atoms with Crippen molar-refractivity contribution in [2.24, 2.45) is 0 Å². The Labute approximate surface area is 243 Å². The molecule has 0 rings (SSSR count). The predicted octanol–water partition coefficient (Wildman–Crippen LogP) is 0.834. The molecule has 0 aliphatic heterocycles. The maximum absolute atomic E-state index is 11.5. The van der Waals surface area contributed by atoms with Crippen LogP contribution in [0.25, 0.3) is 0 Å². The van der Waals surface area contributed by atoms with E-state index in [-0.39, 0.29) is 19.2 Å². The third-order valence-electron chi connectivity index (χ3n) is 4.98. The molecule has 2 N–H and O–H groups in total. The Kier molecular flexibility index (Phi) is 31.1. The molecule has 0 aromatic heterocycles. The van der Waals surface area contributed by atoms with Gasteiger partial charge in [-0.1, -0.05) is 26.2 Å². The van der Waals surface area contributed by atoms with Gasteiger partial charge in [0.25, 0.3) is 0 Å². The van der Waals surface area contributed by atoms with Gasteiger partial charge in [-0.2, -0.15) is 0 Å². The molecule has 242 valence electrons. The molecule has 0 aromatic carbocycles. The highest BCUT2D eigenvalue weighted by molar-refractivity contribution is 5.77. The lowest BCUT2D eigenvalue weighted by molar-refractivity contribution is -0.146. The van der Waals surface area contributed by atoms with Crippen molar-refractivity contribution in [3.8, 4) is 0 Å². The predicted molar refractivity (Wildman–Crippen MR) is 147 cm³/mol. The number of carboxylic acid groups (broad SMARTS) is 1. The summed E-state index contributed by atoms with van der Waals surface area (Å²) >= 11 is 0. The van der Waals surface area contributed by atoms with Gasteiger partial charge in [0.15, 0.2) is 0 Å². The van der Waals surface area contributed by atoms with Crippen LogP contribution < -0.4 is 5.32 Å². The second-order valence-corrected chi connectivity index (χ2v) is 8.55. The maximum atomic E-state index is 11.5. The number of unbranched alkanes of at least 4 members (excludes halogenated alkanes) is 3. The molecule has 0 fully saturated rings. The topological polar surface area (TPSA) is 167 Å². The largest absolute Gasteiger partial charge is 0.480 e. The van der Waals surface area contributed by atoms with Gasteiger partial charge in [-0.3, -0.25) is 9.59 Å². The Morgan fingerprint density at radius 1 is 0.537 bits per heavy atom. The van der Waals surface area contributed by atoms with Crippen LogP contribution in [0, 0.1) is 0 Å². The first kappa shape index (κ1) is 39.1. The molecule has 0 aliphatic rings. The summed E-state index contributed by atoms with van der Waals surface area (Å²) in [5.74, 6) is -1.69. The van der Waals surface area contributed by atoms with Gasteiger partial charge >= 0.3 is 11.9 Å². The van der Waals surface area contributed by atoms with Gasteiger partial charge in [0.1, 0.15) is 19.8 Å². The maximum Gasteiger partial charge on any atom is 0.329 e. The summed E-state index contributed by atoms with van der Waals surface area (Å²) in [6.45, 7) is 7.90. The van der Waals surface area contributed by atoms with Crippen molar-refractivity contribution in [1.82, 2.24) is 5.32 Å². The lowest BCUT2D eigenvalue weighted by atomic mass is 10.2. The lowest BCUT2D eigenvalue weighted by Gasteiger charge is -2.09. The smallest absolute Gasteiger partial charge is 0.329 e. The Bertz CT molecular complexity index is 610. The van der Waals surface area contributed by atoms with E-state index in [2.05, 4.69) is 17.0 Å².